The molecular weight excluding hydrogens is 258 g/mol. The zero-order valence-corrected chi connectivity index (χ0v) is 12.8. The van der Waals surface area contributed by atoms with Crippen molar-refractivity contribution in [1.29, 1.82) is 0 Å². The molecule has 0 radical (unpaired) electrons. The van der Waals surface area contributed by atoms with Gasteiger partial charge in [0.2, 0.25) is 0 Å². The fourth-order valence-electron chi connectivity index (χ4n) is 2.72. The van der Waals surface area contributed by atoms with Crippen LogP contribution in [0.3, 0.4) is 0 Å². The maximum absolute atomic E-state index is 14.2. The predicted molar refractivity (Wildman–Crippen MR) is 79.4 cm³/mol. The third kappa shape index (κ3) is 3.11. The third-order valence-electron chi connectivity index (χ3n) is 4.07. The number of halogens is 2. The third-order valence-corrected chi connectivity index (χ3v) is 4.07. The van der Waals surface area contributed by atoms with E-state index in [0.29, 0.717) is 17.3 Å². The molecule has 0 atom stereocenters. The highest BCUT2D eigenvalue weighted by Crippen LogP contribution is 2.28. The van der Waals surface area contributed by atoms with E-state index in [-0.39, 0.29) is 17.6 Å². The molecular formula is C16H24F2N2. The zero-order valence-electron chi connectivity index (χ0n) is 12.8. The second kappa shape index (κ2) is 6.08. The summed E-state index contributed by atoms with van der Waals surface area (Å²) in [6.45, 7) is 11.3. The minimum atomic E-state index is -0.312. The molecule has 1 aromatic rings. The minimum absolute atomic E-state index is 0.00339. The van der Waals surface area contributed by atoms with Gasteiger partial charge in [-0.2, -0.15) is 0 Å². The van der Waals surface area contributed by atoms with Gasteiger partial charge in [0, 0.05) is 38.3 Å². The Morgan fingerprint density at radius 2 is 1.50 bits per heavy atom. The molecule has 2 nitrogen and oxygen atoms in total. The van der Waals surface area contributed by atoms with E-state index in [0.717, 1.165) is 26.2 Å². The topological polar surface area (TPSA) is 6.48 Å². The predicted octanol–water partition coefficient (Wildman–Crippen LogP) is 3.62. The van der Waals surface area contributed by atoms with Gasteiger partial charge in [0.15, 0.2) is 0 Å². The zero-order chi connectivity index (χ0) is 14.9. The first-order valence-corrected chi connectivity index (χ1v) is 7.38. The molecule has 1 aliphatic heterocycles. The number of anilines is 1. The van der Waals surface area contributed by atoms with Crippen molar-refractivity contribution in [3.63, 3.8) is 0 Å². The summed E-state index contributed by atoms with van der Waals surface area (Å²) in [5.41, 5.74) is 0.849. The Morgan fingerprint density at radius 3 is 2.00 bits per heavy atom. The van der Waals surface area contributed by atoms with Gasteiger partial charge >= 0.3 is 0 Å². The monoisotopic (exact) mass is 282 g/mol. The lowest BCUT2D eigenvalue weighted by atomic mass is 10.0. The van der Waals surface area contributed by atoms with Crippen LogP contribution in [0.2, 0.25) is 0 Å². The molecule has 0 aliphatic carbocycles. The van der Waals surface area contributed by atoms with Gasteiger partial charge in [-0.05, 0) is 31.4 Å². The minimum Gasteiger partial charge on any atom is -0.367 e. The lowest BCUT2D eigenvalue weighted by molar-refractivity contribution is 0.209. The van der Waals surface area contributed by atoms with Crippen LogP contribution in [0.5, 0.6) is 0 Å². The summed E-state index contributed by atoms with van der Waals surface area (Å²) in [7, 11) is 0. The molecule has 0 bridgehead atoms. The van der Waals surface area contributed by atoms with Gasteiger partial charge in [0.25, 0.3) is 0 Å². The molecule has 4 heteroatoms. The lowest BCUT2D eigenvalue weighted by Crippen LogP contribution is -2.49. The van der Waals surface area contributed by atoms with E-state index < -0.39 is 0 Å². The first-order chi connectivity index (χ1) is 9.40. The van der Waals surface area contributed by atoms with Crippen LogP contribution in [0.1, 0.15) is 39.2 Å². The van der Waals surface area contributed by atoms with Crippen molar-refractivity contribution in [3.8, 4) is 0 Å². The summed E-state index contributed by atoms with van der Waals surface area (Å²) >= 11 is 0. The molecule has 1 heterocycles. The highest BCUT2D eigenvalue weighted by atomic mass is 19.1. The van der Waals surface area contributed by atoms with Gasteiger partial charge in [-0.3, -0.25) is 4.90 Å². The van der Waals surface area contributed by atoms with E-state index in [4.69, 9.17) is 0 Å². The summed E-state index contributed by atoms with van der Waals surface area (Å²) in [6, 6.07) is 3.21. The smallest absolute Gasteiger partial charge is 0.146 e. The van der Waals surface area contributed by atoms with Crippen LogP contribution in [0.4, 0.5) is 14.5 Å². The van der Waals surface area contributed by atoms with Crippen molar-refractivity contribution >= 4 is 5.69 Å². The maximum atomic E-state index is 14.2. The van der Waals surface area contributed by atoms with E-state index >= 15 is 0 Å². The Bertz CT molecular complexity index is 464. The summed E-state index contributed by atoms with van der Waals surface area (Å²) in [5.74, 6) is -0.618. The highest BCUT2D eigenvalue weighted by molar-refractivity contribution is 5.50. The van der Waals surface area contributed by atoms with Crippen LogP contribution in [0.25, 0.3) is 0 Å². The van der Waals surface area contributed by atoms with E-state index in [1.54, 1.807) is 0 Å². The molecule has 0 aromatic heterocycles. The second-order valence-corrected chi connectivity index (χ2v) is 6.10. The molecule has 1 aromatic carbocycles. The first-order valence-electron chi connectivity index (χ1n) is 7.38. The molecule has 0 unspecified atom stereocenters. The molecule has 0 spiro atoms. The van der Waals surface area contributed by atoms with Crippen molar-refractivity contribution in [2.45, 2.75) is 39.7 Å². The van der Waals surface area contributed by atoms with Crippen molar-refractivity contribution < 1.29 is 8.78 Å². The van der Waals surface area contributed by atoms with Gasteiger partial charge in [-0.25, -0.2) is 8.78 Å². The summed E-state index contributed by atoms with van der Waals surface area (Å²) in [6.07, 6.45) is 0. The van der Waals surface area contributed by atoms with E-state index in [1.165, 1.54) is 12.1 Å². The summed E-state index contributed by atoms with van der Waals surface area (Å²) in [5, 5.41) is 0. The highest BCUT2D eigenvalue weighted by Gasteiger charge is 2.22. The number of benzene rings is 1. The Kier molecular flexibility index (Phi) is 4.63. The fourth-order valence-corrected chi connectivity index (χ4v) is 2.72. The number of hydrogen-bond acceptors (Lipinski definition) is 2. The molecule has 112 valence electrons. The number of piperazine rings is 1. The standard InChI is InChI=1S/C16H24F2N2/c1-11(2)13-9-15(18)16(10-14(13)17)20-7-5-19(6-8-20)12(3)4/h9-12H,5-8H2,1-4H3. The normalized spacial score (nSPS) is 17.3. The SMILES string of the molecule is CC(C)c1cc(F)c(N2CCN(C(C)C)CC2)cc1F. The van der Waals surface area contributed by atoms with E-state index in [1.807, 2.05) is 18.7 Å². The van der Waals surface area contributed by atoms with Crippen LogP contribution >= 0.6 is 0 Å². The second-order valence-electron chi connectivity index (χ2n) is 6.10. The number of rotatable bonds is 3. The molecule has 1 saturated heterocycles. The Labute approximate surface area is 120 Å². The molecule has 0 N–H and O–H groups in total. The molecule has 20 heavy (non-hydrogen) atoms. The molecule has 0 saturated carbocycles. The average molecular weight is 282 g/mol. The van der Waals surface area contributed by atoms with Crippen molar-refractivity contribution in [3.05, 3.63) is 29.3 Å². The molecule has 1 aliphatic rings. The van der Waals surface area contributed by atoms with Gasteiger partial charge in [-0.15, -0.1) is 0 Å². The Morgan fingerprint density at radius 1 is 0.900 bits per heavy atom. The fraction of sp³-hybridized carbons (Fsp3) is 0.625. The van der Waals surface area contributed by atoms with Gasteiger partial charge in [-0.1, -0.05) is 13.8 Å². The summed E-state index contributed by atoms with van der Waals surface area (Å²) in [4.78, 5) is 4.30. The molecule has 1 fully saturated rings. The Hall–Kier alpha value is -1.16. The Balaban J connectivity index is 2.16. The van der Waals surface area contributed by atoms with E-state index in [9.17, 15) is 8.78 Å². The van der Waals surface area contributed by atoms with E-state index in [2.05, 4.69) is 18.7 Å². The first kappa shape index (κ1) is 15.2. The van der Waals surface area contributed by atoms with Crippen LogP contribution in [-0.4, -0.2) is 37.1 Å². The van der Waals surface area contributed by atoms with Gasteiger partial charge in [0.1, 0.15) is 11.6 Å². The van der Waals surface area contributed by atoms with Crippen molar-refractivity contribution in [1.82, 2.24) is 4.90 Å². The summed E-state index contributed by atoms with van der Waals surface area (Å²) < 4.78 is 28.2. The number of nitrogens with zero attached hydrogens (tertiary/aromatic N) is 2. The average Bonchev–Trinajstić information content (AvgIpc) is 2.40. The quantitative estimate of drug-likeness (QED) is 0.835. The maximum Gasteiger partial charge on any atom is 0.146 e. The van der Waals surface area contributed by atoms with Crippen molar-refractivity contribution in [2.75, 3.05) is 31.1 Å². The lowest BCUT2D eigenvalue weighted by Gasteiger charge is -2.38. The van der Waals surface area contributed by atoms with Gasteiger partial charge < -0.3 is 4.90 Å². The van der Waals surface area contributed by atoms with Crippen molar-refractivity contribution in [2.24, 2.45) is 0 Å². The molecule has 0 amide bonds. The van der Waals surface area contributed by atoms with Crippen LogP contribution < -0.4 is 4.90 Å². The van der Waals surface area contributed by atoms with Crippen LogP contribution in [-0.2, 0) is 0 Å². The number of hydrogen-bond donors (Lipinski definition) is 0. The van der Waals surface area contributed by atoms with Gasteiger partial charge in [0.05, 0.1) is 5.69 Å². The van der Waals surface area contributed by atoms with Crippen LogP contribution in [0, 0.1) is 11.6 Å². The molecule has 2 rings (SSSR count). The van der Waals surface area contributed by atoms with Crippen LogP contribution in [0.15, 0.2) is 12.1 Å². The largest absolute Gasteiger partial charge is 0.367 e.